The van der Waals surface area contributed by atoms with Gasteiger partial charge in [0.05, 0.1) is 6.61 Å². The van der Waals surface area contributed by atoms with Gasteiger partial charge >= 0.3 is 11.9 Å². The Balaban J connectivity index is 4.14. The van der Waals surface area contributed by atoms with Crippen molar-refractivity contribution in [2.45, 2.75) is 26.7 Å². The van der Waals surface area contributed by atoms with Crippen LogP contribution in [0.25, 0.3) is 0 Å². The van der Waals surface area contributed by atoms with Crippen LogP contribution in [0, 0.1) is 11.3 Å². The van der Waals surface area contributed by atoms with Gasteiger partial charge in [0, 0.05) is 12.3 Å². The van der Waals surface area contributed by atoms with Gasteiger partial charge in [0.1, 0.15) is 17.9 Å². The van der Waals surface area contributed by atoms with Gasteiger partial charge in [0.15, 0.2) is 0 Å². The first kappa shape index (κ1) is 14.3. The highest BCUT2D eigenvalue weighted by atomic mass is 16.5. The van der Waals surface area contributed by atoms with Gasteiger partial charge in [0.25, 0.3) is 0 Å². The molecule has 0 radical (unpaired) electrons. The number of rotatable bonds is 7. The molecular weight excluding hydrogens is 214 g/mol. The van der Waals surface area contributed by atoms with Crippen molar-refractivity contribution < 1.29 is 24.2 Å². The van der Waals surface area contributed by atoms with E-state index >= 15 is 0 Å². The number of ketones is 1. The minimum atomic E-state index is -1.35. The Morgan fingerprint density at radius 2 is 1.94 bits per heavy atom. The molecule has 0 aliphatic rings. The van der Waals surface area contributed by atoms with E-state index in [-0.39, 0.29) is 19.4 Å². The molecule has 0 unspecified atom stereocenters. The van der Waals surface area contributed by atoms with Crippen molar-refractivity contribution in [3.8, 4) is 0 Å². The second-order valence-electron chi connectivity index (χ2n) is 3.34. The molecule has 2 N–H and O–H groups in total. The number of hydrogen-bond acceptors (Lipinski definition) is 5. The van der Waals surface area contributed by atoms with Crippen LogP contribution in [0.1, 0.15) is 26.7 Å². The van der Waals surface area contributed by atoms with Gasteiger partial charge in [-0.1, -0.05) is 6.92 Å². The van der Waals surface area contributed by atoms with E-state index in [1.54, 1.807) is 6.92 Å². The average Bonchev–Trinajstić information content (AvgIpc) is 2.17. The van der Waals surface area contributed by atoms with Crippen LogP contribution < -0.4 is 0 Å². The summed E-state index contributed by atoms with van der Waals surface area (Å²) in [5.41, 5.74) is -0.537. The quantitative estimate of drug-likeness (QED) is 0.378. The van der Waals surface area contributed by atoms with E-state index in [9.17, 15) is 14.4 Å². The molecule has 0 aliphatic heterocycles. The summed E-state index contributed by atoms with van der Waals surface area (Å²) >= 11 is 0. The number of carboxylic acid groups (broad SMARTS) is 1. The number of nitrogens with one attached hydrogen (secondary N) is 1. The number of carboxylic acids is 1. The molecule has 0 fully saturated rings. The first-order valence-electron chi connectivity index (χ1n) is 4.87. The van der Waals surface area contributed by atoms with Crippen LogP contribution in [0.5, 0.6) is 0 Å². The van der Waals surface area contributed by atoms with Gasteiger partial charge in [0.2, 0.25) is 0 Å². The molecule has 0 aromatic heterocycles. The van der Waals surface area contributed by atoms with Crippen LogP contribution in [0.3, 0.4) is 0 Å². The predicted octanol–water partition coefficient (Wildman–Crippen LogP) is 0.639. The van der Waals surface area contributed by atoms with E-state index in [0.717, 1.165) is 0 Å². The molecule has 0 heterocycles. The Kier molecular flexibility index (Phi) is 5.99. The van der Waals surface area contributed by atoms with Crippen LogP contribution in [0.2, 0.25) is 0 Å². The van der Waals surface area contributed by atoms with E-state index in [4.69, 9.17) is 10.5 Å². The van der Waals surface area contributed by atoms with Crippen molar-refractivity contribution in [3.05, 3.63) is 0 Å². The zero-order valence-electron chi connectivity index (χ0n) is 9.28. The third kappa shape index (κ3) is 5.23. The lowest BCUT2D eigenvalue weighted by atomic mass is 9.97. The molecular formula is C10H15NO5. The second-order valence-corrected chi connectivity index (χ2v) is 3.34. The number of esters is 1. The molecule has 16 heavy (non-hydrogen) atoms. The number of ether oxygens (including phenoxy) is 1. The van der Waals surface area contributed by atoms with Crippen molar-refractivity contribution in [2.24, 2.45) is 5.92 Å². The summed E-state index contributed by atoms with van der Waals surface area (Å²) in [4.78, 5) is 32.7. The maximum atomic E-state index is 11.4. The molecule has 6 heteroatoms. The number of aliphatic carboxylic acids is 1. The molecule has 0 amide bonds. The fourth-order valence-electron chi connectivity index (χ4n) is 1.04. The minimum Gasteiger partial charge on any atom is -0.477 e. The maximum Gasteiger partial charge on any atom is 0.349 e. The monoisotopic (exact) mass is 229 g/mol. The SMILES string of the molecule is CCOC(=O)CC(=O)[C@H](C)CC(=N)C(=O)O. The van der Waals surface area contributed by atoms with Crippen molar-refractivity contribution in [3.63, 3.8) is 0 Å². The maximum absolute atomic E-state index is 11.4. The first-order valence-corrected chi connectivity index (χ1v) is 4.87. The largest absolute Gasteiger partial charge is 0.477 e. The van der Waals surface area contributed by atoms with Gasteiger partial charge in [-0.3, -0.25) is 15.0 Å². The fourth-order valence-corrected chi connectivity index (χ4v) is 1.04. The van der Waals surface area contributed by atoms with Crippen molar-refractivity contribution in [2.75, 3.05) is 6.61 Å². The average molecular weight is 229 g/mol. The Morgan fingerprint density at radius 3 is 2.38 bits per heavy atom. The third-order valence-electron chi connectivity index (χ3n) is 1.94. The van der Waals surface area contributed by atoms with E-state index in [1.165, 1.54) is 6.92 Å². The van der Waals surface area contributed by atoms with E-state index in [0.29, 0.717) is 0 Å². The molecule has 0 aliphatic carbocycles. The molecule has 90 valence electrons. The summed E-state index contributed by atoms with van der Waals surface area (Å²) < 4.78 is 4.59. The molecule has 0 spiro atoms. The molecule has 0 aromatic carbocycles. The normalized spacial score (nSPS) is 11.6. The molecule has 0 saturated carbocycles. The van der Waals surface area contributed by atoms with E-state index in [1.807, 2.05) is 0 Å². The predicted molar refractivity (Wildman–Crippen MR) is 55.4 cm³/mol. The molecule has 1 atom stereocenters. The number of Topliss-reactive ketones (excluding diaryl/α,β-unsaturated/α-hetero) is 1. The Labute approximate surface area is 93.1 Å². The van der Waals surface area contributed by atoms with Crippen LogP contribution in [-0.2, 0) is 19.1 Å². The van der Waals surface area contributed by atoms with Gasteiger partial charge in [-0.15, -0.1) is 0 Å². The zero-order chi connectivity index (χ0) is 12.7. The van der Waals surface area contributed by atoms with Crippen LogP contribution in [0.4, 0.5) is 0 Å². The van der Waals surface area contributed by atoms with Gasteiger partial charge in [-0.05, 0) is 6.92 Å². The highest BCUT2D eigenvalue weighted by Gasteiger charge is 2.21. The Morgan fingerprint density at radius 1 is 1.38 bits per heavy atom. The van der Waals surface area contributed by atoms with Crippen LogP contribution >= 0.6 is 0 Å². The van der Waals surface area contributed by atoms with E-state index < -0.39 is 29.4 Å². The van der Waals surface area contributed by atoms with Gasteiger partial charge in [-0.2, -0.15) is 0 Å². The van der Waals surface area contributed by atoms with Crippen molar-refractivity contribution >= 4 is 23.4 Å². The van der Waals surface area contributed by atoms with Gasteiger partial charge in [-0.25, -0.2) is 4.79 Å². The zero-order valence-corrected chi connectivity index (χ0v) is 9.28. The summed E-state index contributed by atoms with van der Waals surface area (Å²) in [5.74, 6) is -3.05. The van der Waals surface area contributed by atoms with Gasteiger partial charge < -0.3 is 9.84 Å². The lowest BCUT2D eigenvalue weighted by Crippen LogP contribution is -2.22. The topological polar surface area (TPSA) is 105 Å². The minimum absolute atomic E-state index is 0.173. The van der Waals surface area contributed by atoms with Crippen LogP contribution in [0.15, 0.2) is 0 Å². The molecule has 0 rings (SSSR count). The molecule has 0 aromatic rings. The standard InChI is InChI=1S/C10H15NO5/c1-3-16-9(13)5-8(12)6(2)4-7(11)10(14)15/h6,11H,3-5H2,1-2H3,(H,14,15)/t6-/m1/s1. The summed E-state index contributed by atoms with van der Waals surface area (Å²) in [7, 11) is 0. The molecule has 0 saturated heterocycles. The van der Waals surface area contributed by atoms with Crippen molar-refractivity contribution in [1.82, 2.24) is 0 Å². The van der Waals surface area contributed by atoms with E-state index in [2.05, 4.69) is 4.74 Å². The first-order chi connectivity index (χ1) is 7.38. The molecule has 6 nitrogen and oxygen atoms in total. The van der Waals surface area contributed by atoms with Crippen molar-refractivity contribution in [1.29, 1.82) is 5.41 Å². The smallest absolute Gasteiger partial charge is 0.349 e. The van der Waals surface area contributed by atoms with Crippen LogP contribution in [-0.4, -0.2) is 35.1 Å². The second kappa shape index (κ2) is 6.71. The molecule has 0 bridgehead atoms. The number of carbonyl (C=O) groups excluding carboxylic acids is 2. The Hall–Kier alpha value is -1.72. The lowest BCUT2D eigenvalue weighted by molar-refractivity contribution is -0.146. The number of carbonyl (C=O) groups is 3. The summed E-state index contributed by atoms with van der Waals surface area (Å²) in [6.45, 7) is 3.32. The lowest BCUT2D eigenvalue weighted by Gasteiger charge is -2.08. The number of hydrogen-bond donors (Lipinski definition) is 2. The highest BCUT2D eigenvalue weighted by Crippen LogP contribution is 2.08. The summed E-state index contributed by atoms with van der Waals surface area (Å²) in [6, 6.07) is 0. The third-order valence-corrected chi connectivity index (χ3v) is 1.94. The summed E-state index contributed by atoms with van der Waals surface area (Å²) in [6.07, 6.45) is -0.546. The summed E-state index contributed by atoms with van der Waals surface area (Å²) in [5, 5.41) is 15.5. The highest BCUT2D eigenvalue weighted by molar-refractivity contribution is 6.34. The Bertz CT molecular complexity index is 310. The fraction of sp³-hybridized carbons (Fsp3) is 0.600.